The van der Waals surface area contributed by atoms with Crippen molar-refractivity contribution in [1.29, 1.82) is 5.26 Å². The van der Waals surface area contributed by atoms with Crippen molar-refractivity contribution in [3.8, 4) is 6.07 Å². The number of halogens is 1. The fourth-order valence-corrected chi connectivity index (χ4v) is 7.53. The monoisotopic (exact) mass is 483 g/mol. The van der Waals surface area contributed by atoms with Crippen LogP contribution >= 0.6 is 0 Å². The Morgan fingerprint density at radius 1 is 1.38 bits per heavy atom. The first-order valence-electron chi connectivity index (χ1n) is 10.9. The Morgan fingerprint density at radius 3 is 2.68 bits per heavy atom. The van der Waals surface area contributed by atoms with Crippen molar-refractivity contribution in [2.45, 2.75) is 56.6 Å². The Labute approximate surface area is 200 Å². The van der Waals surface area contributed by atoms with Gasteiger partial charge in [-0.05, 0) is 77.0 Å². The van der Waals surface area contributed by atoms with E-state index >= 15 is 4.39 Å². The van der Waals surface area contributed by atoms with Crippen molar-refractivity contribution in [3.05, 3.63) is 70.7 Å². The number of amides is 1. The first-order chi connectivity index (χ1) is 15.8. The summed E-state index contributed by atoms with van der Waals surface area (Å²) in [6.45, 7) is 12.9. The number of nitrogens with two attached hydrogens (primary N) is 1. The number of nitrogens with zero attached hydrogens (tertiary/aromatic N) is 3. The molecular formula is C25H30FN5O2S. The number of nitriles is 1. The molecule has 1 aromatic rings. The fraction of sp³-hybridized carbons (Fsp3) is 0.400. The van der Waals surface area contributed by atoms with Crippen LogP contribution < -0.4 is 11.1 Å². The summed E-state index contributed by atoms with van der Waals surface area (Å²) in [4.78, 5) is 17.1. The van der Waals surface area contributed by atoms with E-state index in [1.165, 1.54) is 12.2 Å². The Hall–Kier alpha value is -3.25. The van der Waals surface area contributed by atoms with Gasteiger partial charge in [-0.1, -0.05) is 6.58 Å². The van der Waals surface area contributed by atoms with Crippen LogP contribution in [0.1, 0.15) is 55.6 Å². The van der Waals surface area contributed by atoms with Crippen LogP contribution in [-0.2, 0) is 9.73 Å². The van der Waals surface area contributed by atoms with E-state index in [-0.39, 0.29) is 17.3 Å². The van der Waals surface area contributed by atoms with Gasteiger partial charge < -0.3 is 11.1 Å². The molecule has 2 aliphatic heterocycles. The molecule has 1 amide bonds. The third-order valence-corrected chi connectivity index (χ3v) is 10.4. The van der Waals surface area contributed by atoms with Gasteiger partial charge in [0, 0.05) is 23.4 Å². The zero-order chi connectivity index (χ0) is 25.5. The molecule has 9 heteroatoms. The summed E-state index contributed by atoms with van der Waals surface area (Å²) in [5.41, 5.74) is 7.01. The number of benzene rings is 1. The molecule has 1 aromatic carbocycles. The zero-order valence-electron chi connectivity index (χ0n) is 20.1. The van der Waals surface area contributed by atoms with Gasteiger partial charge >= 0.3 is 0 Å². The second-order valence-electron chi connectivity index (χ2n) is 9.29. The van der Waals surface area contributed by atoms with E-state index < -0.39 is 31.1 Å². The molecule has 180 valence electrons. The Kier molecular flexibility index (Phi) is 6.60. The number of allylic oxidation sites excluding steroid dienone is 3. The lowest BCUT2D eigenvalue weighted by Gasteiger charge is -2.44. The highest BCUT2D eigenvalue weighted by Crippen LogP contribution is 2.46. The molecule has 0 aliphatic carbocycles. The zero-order valence-corrected chi connectivity index (χ0v) is 20.9. The number of carbonyl (C=O) groups excluding carboxylic acids is 1. The van der Waals surface area contributed by atoms with E-state index in [0.29, 0.717) is 35.4 Å². The number of hydrogen-bond donors (Lipinski definition) is 2. The van der Waals surface area contributed by atoms with Crippen LogP contribution in [0.5, 0.6) is 0 Å². The maximum Gasteiger partial charge on any atom is 0.255 e. The van der Waals surface area contributed by atoms with Gasteiger partial charge in [-0.25, -0.2) is 13.0 Å². The van der Waals surface area contributed by atoms with E-state index in [1.54, 1.807) is 52.8 Å². The van der Waals surface area contributed by atoms with Gasteiger partial charge in [-0.3, -0.25) is 9.79 Å². The highest BCUT2D eigenvalue weighted by atomic mass is 32.2. The van der Waals surface area contributed by atoms with Crippen LogP contribution in [-0.4, -0.2) is 38.0 Å². The molecule has 0 saturated carbocycles. The van der Waals surface area contributed by atoms with Crippen molar-refractivity contribution in [2.24, 2.45) is 15.1 Å². The molecule has 2 aliphatic rings. The molecule has 0 spiro atoms. The quantitative estimate of drug-likeness (QED) is 0.614. The molecule has 34 heavy (non-hydrogen) atoms. The van der Waals surface area contributed by atoms with E-state index in [0.717, 1.165) is 0 Å². The van der Waals surface area contributed by atoms with Gasteiger partial charge in [0.2, 0.25) is 0 Å². The van der Waals surface area contributed by atoms with Gasteiger partial charge in [-0.15, -0.1) is 0 Å². The minimum atomic E-state index is -2.77. The third kappa shape index (κ3) is 4.07. The predicted molar refractivity (Wildman–Crippen MR) is 133 cm³/mol. The van der Waals surface area contributed by atoms with E-state index in [4.69, 9.17) is 11.0 Å². The SMILES string of the molecule is C=C(/C(F)=C\C=C(/C)NC(=O)c1ccc(C#N)cc1C)[C@@]1(C)N=C(N)C(C)(C)[S@@]2(=O)=NCC[C@@H]12. The molecule has 0 saturated heterocycles. The van der Waals surface area contributed by atoms with Gasteiger partial charge in [0.1, 0.15) is 21.9 Å². The number of nitrogens with one attached hydrogen (secondary N) is 1. The summed E-state index contributed by atoms with van der Waals surface area (Å²) in [7, 11) is -2.77. The summed E-state index contributed by atoms with van der Waals surface area (Å²) in [5, 5.41) is 11.2. The summed E-state index contributed by atoms with van der Waals surface area (Å²) in [5.74, 6) is -0.835. The molecule has 3 atom stereocenters. The Bertz CT molecular complexity index is 1330. The molecule has 0 aromatic heterocycles. The molecular weight excluding hydrogens is 453 g/mol. The summed E-state index contributed by atoms with van der Waals surface area (Å²) in [6.07, 6.45) is 3.14. The molecule has 0 bridgehead atoms. The highest BCUT2D eigenvalue weighted by Gasteiger charge is 2.56. The number of fused-ring (bicyclic) bond motifs is 1. The summed E-state index contributed by atoms with van der Waals surface area (Å²) >= 11 is 0. The number of aryl methyl sites for hydroxylation is 1. The lowest BCUT2D eigenvalue weighted by Crippen LogP contribution is -2.60. The minimum Gasteiger partial charge on any atom is -0.386 e. The lowest BCUT2D eigenvalue weighted by molar-refractivity contribution is 0.0965. The maximum atomic E-state index is 15.2. The first kappa shape index (κ1) is 25.4. The Balaban J connectivity index is 1.84. The Morgan fingerprint density at radius 2 is 2.06 bits per heavy atom. The van der Waals surface area contributed by atoms with Crippen LogP contribution in [0.3, 0.4) is 0 Å². The van der Waals surface area contributed by atoms with Gasteiger partial charge in [-0.2, -0.15) is 5.26 Å². The summed E-state index contributed by atoms with van der Waals surface area (Å²) < 4.78 is 32.5. The lowest BCUT2D eigenvalue weighted by atomic mass is 9.86. The minimum absolute atomic E-state index is 0.0686. The highest BCUT2D eigenvalue weighted by molar-refractivity contribution is 7.96. The number of carbonyl (C=O) groups is 1. The maximum absolute atomic E-state index is 15.2. The van der Waals surface area contributed by atoms with Crippen LogP contribution in [0.4, 0.5) is 4.39 Å². The molecule has 0 radical (unpaired) electrons. The standard InChI is InChI=1S/C25H30FN5O2S/c1-15-13-18(14-27)8-9-19(15)22(32)30-16(2)7-10-20(26)17(3)25(6)21-11-12-29-34(21,33)24(4,5)23(28)31-25/h7-10,13,21H,3,11-12H2,1-2,4-6H3,(H2,28,31)(H,30,32)/b16-7+,20-10+/t21-,25+,34+/m0/s1. The number of rotatable bonds is 5. The molecule has 3 rings (SSSR count). The summed E-state index contributed by atoms with van der Waals surface area (Å²) in [6, 6.07) is 6.80. The topological polar surface area (TPSA) is 121 Å². The van der Waals surface area contributed by atoms with Crippen LogP contribution in [0.2, 0.25) is 0 Å². The van der Waals surface area contributed by atoms with Crippen LogP contribution in [0.15, 0.2) is 63.4 Å². The van der Waals surface area contributed by atoms with Crippen molar-refractivity contribution >= 4 is 21.5 Å². The second kappa shape index (κ2) is 8.84. The van der Waals surface area contributed by atoms with Crippen molar-refractivity contribution in [1.82, 2.24) is 5.32 Å². The average Bonchev–Trinajstić information content (AvgIpc) is 3.20. The number of aliphatic imine (C=N–C) groups is 1. The number of hydrogen-bond acceptors (Lipinski definition) is 6. The third-order valence-electron chi connectivity index (χ3n) is 6.68. The molecule has 0 fully saturated rings. The molecule has 2 heterocycles. The van der Waals surface area contributed by atoms with Crippen molar-refractivity contribution < 1.29 is 13.4 Å². The average molecular weight is 484 g/mol. The van der Waals surface area contributed by atoms with Crippen LogP contribution in [0.25, 0.3) is 0 Å². The first-order valence-corrected chi connectivity index (χ1v) is 12.5. The van der Waals surface area contributed by atoms with Gasteiger partial charge in [0.25, 0.3) is 5.91 Å². The van der Waals surface area contributed by atoms with E-state index in [2.05, 4.69) is 21.3 Å². The molecule has 0 unspecified atom stereocenters. The largest absolute Gasteiger partial charge is 0.386 e. The van der Waals surface area contributed by atoms with Gasteiger partial charge in [0.15, 0.2) is 0 Å². The van der Waals surface area contributed by atoms with Gasteiger partial charge in [0.05, 0.1) is 26.6 Å². The predicted octanol–water partition coefficient (Wildman–Crippen LogP) is 4.06. The van der Waals surface area contributed by atoms with Crippen LogP contribution in [0, 0.1) is 18.3 Å². The molecule has 3 N–H and O–H groups in total. The number of amidine groups is 1. The normalized spacial score (nSPS) is 28.3. The smallest absolute Gasteiger partial charge is 0.255 e. The fourth-order valence-electron chi connectivity index (χ4n) is 4.35. The van der Waals surface area contributed by atoms with E-state index in [9.17, 15) is 9.00 Å². The second-order valence-corrected chi connectivity index (χ2v) is 12.3. The van der Waals surface area contributed by atoms with Crippen molar-refractivity contribution in [3.63, 3.8) is 0 Å². The molecule has 7 nitrogen and oxygen atoms in total. The van der Waals surface area contributed by atoms with E-state index in [1.807, 2.05) is 6.07 Å². The van der Waals surface area contributed by atoms with Crippen molar-refractivity contribution in [2.75, 3.05) is 6.54 Å².